The second kappa shape index (κ2) is 19.4. The molecule has 2 heteroatoms. The number of unbranched alkanes of at least 4 members (excludes halogenated alkanes) is 7. The van der Waals surface area contributed by atoms with Crippen LogP contribution in [0, 0.1) is 18.8 Å². The van der Waals surface area contributed by atoms with Crippen molar-refractivity contribution in [3.8, 4) is 11.8 Å². The molecular weight excluding hydrogens is 248 g/mol. The molecule has 0 unspecified atom stereocenters. The molecule has 0 amide bonds. The summed E-state index contributed by atoms with van der Waals surface area (Å²) in [5.41, 5.74) is 0. The molecule has 0 aromatic heterocycles. The van der Waals surface area contributed by atoms with E-state index in [9.17, 15) is 0 Å². The predicted molar refractivity (Wildman–Crippen MR) is 61.5 cm³/mol. The van der Waals surface area contributed by atoms with Gasteiger partial charge in [0.05, 0.1) is 0 Å². The van der Waals surface area contributed by atoms with Gasteiger partial charge >= 0.3 is 23.1 Å². The van der Waals surface area contributed by atoms with Crippen molar-refractivity contribution < 1.29 is 17.0 Å². The van der Waals surface area contributed by atoms with Crippen LogP contribution in [0.1, 0.15) is 58.3 Å². The van der Waals surface area contributed by atoms with Gasteiger partial charge in [-0.2, -0.15) is 6.42 Å². The minimum atomic E-state index is 0. The third-order valence-corrected chi connectivity index (χ3v) is 1.98. The predicted octanol–water partition coefficient (Wildman–Crippen LogP) is 0.588. The van der Waals surface area contributed by atoms with Gasteiger partial charge in [-0.1, -0.05) is 32.1 Å². The second-order valence-electron chi connectivity index (χ2n) is 3.15. The summed E-state index contributed by atoms with van der Waals surface area (Å²) >= 11 is 0. The van der Waals surface area contributed by atoms with E-state index in [2.05, 4.69) is 18.8 Å². The summed E-state index contributed by atoms with van der Waals surface area (Å²) in [6, 6.07) is 0. The molecule has 0 N–H and O–H groups in total. The Hall–Kier alpha value is 0.806. The van der Waals surface area contributed by atoms with Crippen LogP contribution in [0.3, 0.4) is 0 Å². The van der Waals surface area contributed by atoms with Crippen LogP contribution in [0.5, 0.6) is 0 Å². The van der Waals surface area contributed by atoms with Crippen molar-refractivity contribution in [3.05, 3.63) is 6.92 Å². The maximum atomic E-state index is 3.83. The smallest absolute Gasteiger partial charge is 1.00 e. The molecule has 14 heavy (non-hydrogen) atoms. The van der Waals surface area contributed by atoms with Crippen molar-refractivity contribution in [1.82, 2.24) is 0 Å². The number of hydrogen-bond donors (Lipinski definition) is 0. The van der Waals surface area contributed by atoms with Gasteiger partial charge in [0.25, 0.3) is 0 Å². The Labute approximate surface area is 117 Å². The van der Waals surface area contributed by atoms with E-state index in [-0.39, 0.29) is 40.0 Å². The van der Waals surface area contributed by atoms with Gasteiger partial charge in [0, 0.05) is 6.42 Å². The summed E-state index contributed by atoms with van der Waals surface area (Å²) in [4.78, 5) is 0. The van der Waals surface area contributed by atoms with Crippen LogP contribution in [0.2, 0.25) is 0 Å². The van der Waals surface area contributed by atoms with Gasteiger partial charge in [-0.25, -0.2) is 0 Å². The third-order valence-electron chi connectivity index (χ3n) is 1.98. The zero-order valence-electron chi connectivity index (χ0n) is 9.45. The molecule has 0 rings (SSSR count). The molecule has 0 spiro atoms. The molecule has 0 atom stereocenters. The quantitative estimate of drug-likeness (QED) is 0.275. The first-order chi connectivity index (χ1) is 5.91. The first-order valence-electron chi connectivity index (χ1n) is 5.10. The fourth-order valence-corrected chi connectivity index (χ4v) is 1.22. The molecule has 78 valence electrons. The number of halogens is 1. The van der Waals surface area contributed by atoms with Gasteiger partial charge in [-0.05, 0) is 13.3 Å². The standard InChI is InChI=1S/C12H21.BrH.Mg/c1-3-5-7-9-11-12-10-8-6-4-2;;/h1,3,5,7-12H2,2H3;1H;/q-1;;+2/p-1. The Kier molecular flexibility index (Phi) is 28.0. The average Bonchev–Trinajstić information content (AvgIpc) is 2.10. The Morgan fingerprint density at radius 3 is 1.93 bits per heavy atom. The first-order valence-corrected chi connectivity index (χ1v) is 5.10. The van der Waals surface area contributed by atoms with Crippen molar-refractivity contribution in [3.63, 3.8) is 0 Å². The fraction of sp³-hybridized carbons (Fsp3) is 0.750. The molecule has 0 aliphatic rings. The van der Waals surface area contributed by atoms with Crippen molar-refractivity contribution in [2.24, 2.45) is 0 Å². The summed E-state index contributed by atoms with van der Waals surface area (Å²) in [7, 11) is 0. The number of hydrogen-bond acceptors (Lipinski definition) is 0. The average molecular weight is 270 g/mol. The summed E-state index contributed by atoms with van der Waals surface area (Å²) in [6.07, 6.45) is 10.3. The first kappa shape index (κ1) is 20.2. The van der Waals surface area contributed by atoms with E-state index in [4.69, 9.17) is 0 Å². The maximum Gasteiger partial charge on any atom is 2.00 e. The van der Waals surface area contributed by atoms with E-state index in [1.807, 2.05) is 6.92 Å². The Bertz CT molecular complexity index is 135. The van der Waals surface area contributed by atoms with Crippen molar-refractivity contribution in [1.29, 1.82) is 0 Å². The van der Waals surface area contributed by atoms with Crippen molar-refractivity contribution in [2.75, 3.05) is 0 Å². The van der Waals surface area contributed by atoms with E-state index in [0.717, 1.165) is 12.8 Å². The van der Waals surface area contributed by atoms with Crippen LogP contribution in [0.4, 0.5) is 0 Å². The summed E-state index contributed by atoms with van der Waals surface area (Å²) in [5, 5.41) is 0. The molecule has 0 heterocycles. The fourth-order valence-electron chi connectivity index (χ4n) is 1.22. The number of rotatable bonds is 7. The van der Waals surface area contributed by atoms with Crippen LogP contribution in [0.15, 0.2) is 0 Å². The van der Waals surface area contributed by atoms with E-state index < -0.39 is 0 Å². The van der Waals surface area contributed by atoms with Crippen LogP contribution in [0.25, 0.3) is 0 Å². The zero-order valence-corrected chi connectivity index (χ0v) is 12.4. The SMILES string of the molecule is [Br-].[CH2-]CCCCCCCCC#CC.[Mg+2]. The van der Waals surface area contributed by atoms with E-state index in [1.54, 1.807) is 0 Å². The van der Waals surface area contributed by atoms with Crippen LogP contribution in [-0.4, -0.2) is 23.1 Å². The van der Waals surface area contributed by atoms with Crippen molar-refractivity contribution >= 4 is 23.1 Å². The molecule has 0 radical (unpaired) electrons. The Morgan fingerprint density at radius 2 is 1.43 bits per heavy atom. The summed E-state index contributed by atoms with van der Waals surface area (Å²) in [5.74, 6) is 6.01. The molecule has 0 nitrogen and oxygen atoms in total. The van der Waals surface area contributed by atoms with Crippen LogP contribution < -0.4 is 17.0 Å². The summed E-state index contributed by atoms with van der Waals surface area (Å²) in [6.45, 7) is 5.74. The van der Waals surface area contributed by atoms with E-state index in [1.165, 1.54) is 38.5 Å². The van der Waals surface area contributed by atoms with E-state index in [0.29, 0.717) is 0 Å². The summed E-state index contributed by atoms with van der Waals surface area (Å²) < 4.78 is 0. The molecule has 0 aromatic carbocycles. The molecule has 0 aliphatic heterocycles. The molecule has 0 aliphatic carbocycles. The zero-order chi connectivity index (χ0) is 9.07. The largest absolute Gasteiger partial charge is 2.00 e. The van der Waals surface area contributed by atoms with Gasteiger partial charge in [0.2, 0.25) is 0 Å². The molecule has 0 aromatic rings. The molecule has 0 saturated heterocycles. The monoisotopic (exact) mass is 268 g/mol. The Morgan fingerprint density at radius 1 is 0.929 bits per heavy atom. The minimum Gasteiger partial charge on any atom is -1.00 e. The van der Waals surface area contributed by atoms with E-state index >= 15 is 0 Å². The molecule has 0 saturated carbocycles. The van der Waals surface area contributed by atoms with Gasteiger partial charge < -0.3 is 23.9 Å². The van der Waals surface area contributed by atoms with Crippen LogP contribution >= 0.6 is 0 Å². The van der Waals surface area contributed by atoms with Crippen LogP contribution in [-0.2, 0) is 0 Å². The van der Waals surface area contributed by atoms with Gasteiger partial charge in [-0.15, -0.1) is 11.8 Å². The molecule has 0 fully saturated rings. The Balaban J connectivity index is -0.000000605. The normalized spacial score (nSPS) is 7.86. The third kappa shape index (κ3) is 18.6. The minimum absolute atomic E-state index is 0. The van der Waals surface area contributed by atoms with Gasteiger partial charge in [0.1, 0.15) is 0 Å². The maximum absolute atomic E-state index is 3.83. The van der Waals surface area contributed by atoms with Gasteiger partial charge in [-0.3, -0.25) is 0 Å². The van der Waals surface area contributed by atoms with Crippen molar-refractivity contribution in [2.45, 2.75) is 58.3 Å². The molecule has 0 bridgehead atoms. The topological polar surface area (TPSA) is 0 Å². The second-order valence-corrected chi connectivity index (χ2v) is 3.15. The van der Waals surface area contributed by atoms with Gasteiger partial charge in [0.15, 0.2) is 0 Å². The molecular formula is C12H21BrMg.